The summed E-state index contributed by atoms with van der Waals surface area (Å²) >= 11 is 0. The van der Waals surface area contributed by atoms with Gasteiger partial charge < -0.3 is 55.4 Å². The number of allylic oxidation sites excluding steroid dienone is 4. The van der Waals surface area contributed by atoms with Gasteiger partial charge in [0.15, 0.2) is 0 Å². The Bertz CT molecular complexity index is 4090. The normalized spacial score (nSPS) is 16.8. The number of nitrogens with zero attached hydrogens (tertiary/aromatic N) is 9. The van der Waals surface area contributed by atoms with Crippen LogP contribution in [0.15, 0.2) is 134 Å². The molecule has 16 rings (SSSR count). The molecule has 0 aliphatic heterocycles. The first-order valence-corrected chi connectivity index (χ1v) is 30.0. The number of nitrogen functional groups attached to an aromatic ring is 8. The molecule has 4 atom stereocenters. The fourth-order valence-electron chi connectivity index (χ4n) is 12.2. The summed E-state index contributed by atoms with van der Waals surface area (Å²) in [5.41, 5.74) is 66.7. The molecule has 0 radical (unpaired) electrons. The number of fused-ring (bicyclic) bond motifs is 8. The molecule has 10 heterocycles. The van der Waals surface area contributed by atoms with Gasteiger partial charge in [-0.1, -0.05) is 65.0 Å². The lowest BCUT2D eigenvalue weighted by atomic mass is 10.0. The number of hydrogen-bond acceptors (Lipinski definition) is 16. The number of pyridine rings is 8. The Morgan fingerprint density at radius 2 is 1.09 bits per heavy atom. The van der Waals surface area contributed by atoms with E-state index in [0.29, 0.717) is 46.8 Å². The van der Waals surface area contributed by atoms with Gasteiger partial charge in [-0.3, -0.25) is 0 Å². The molecule has 0 aromatic carbocycles. The molecule has 10 aromatic heterocycles. The molecule has 0 saturated heterocycles. The van der Waals surface area contributed by atoms with E-state index in [1.165, 1.54) is 92.5 Å². The number of rotatable bonds is 0. The topological polar surface area (TPSA) is 332 Å². The predicted octanol–water partition coefficient (Wildman–Crippen LogP) is 13.1. The van der Waals surface area contributed by atoms with E-state index in [9.17, 15) is 0 Å². The van der Waals surface area contributed by atoms with Crippen molar-refractivity contribution in [1.29, 1.82) is 0 Å². The molecule has 4 unspecified atom stereocenters. The third-order valence-electron chi connectivity index (χ3n) is 17.1. The molecule has 0 saturated carbocycles. The number of aryl methyl sites for hydroxylation is 3. The van der Waals surface area contributed by atoms with Gasteiger partial charge in [0.05, 0.1) is 11.0 Å². The van der Waals surface area contributed by atoms with Crippen LogP contribution in [0, 0.1) is 12.8 Å². The Kier molecular flexibility index (Phi) is 21.2. The molecular formula is C71H88N18. The third-order valence-corrected chi connectivity index (χ3v) is 17.1. The smallest absolute Gasteiger partial charge is 0.147 e. The zero-order chi connectivity index (χ0) is 62.8. The Morgan fingerprint density at radius 3 is 1.74 bits per heavy atom. The molecule has 10 aromatic rings. The van der Waals surface area contributed by atoms with E-state index in [2.05, 4.69) is 123 Å². The van der Waals surface area contributed by atoms with E-state index in [4.69, 9.17) is 45.9 Å². The second-order valence-corrected chi connectivity index (χ2v) is 23.5. The van der Waals surface area contributed by atoms with Crippen molar-refractivity contribution >= 4 is 86.1 Å². The van der Waals surface area contributed by atoms with Crippen molar-refractivity contribution in [2.45, 2.75) is 125 Å². The van der Waals surface area contributed by atoms with Crippen LogP contribution in [0.4, 0.5) is 46.5 Å². The second-order valence-electron chi connectivity index (χ2n) is 23.5. The van der Waals surface area contributed by atoms with Gasteiger partial charge in [-0.25, -0.2) is 39.9 Å². The third kappa shape index (κ3) is 15.2. The van der Waals surface area contributed by atoms with Crippen molar-refractivity contribution in [2.75, 3.05) is 45.9 Å². The Hall–Kier alpha value is -10.1. The fraction of sp³-hybridized carbons (Fsp3) is 0.296. The number of hydrogen-bond donors (Lipinski definition) is 9. The van der Waals surface area contributed by atoms with Gasteiger partial charge in [0, 0.05) is 108 Å². The summed E-state index contributed by atoms with van der Waals surface area (Å²) in [7, 11) is 1.99. The Morgan fingerprint density at radius 1 is 0.517 bits per heavy atom. The first-order chi connectivity index (χ1) is 42.3. The quantitative estimate of drug-likeness (QED) is 0.0681. The lowest BCUT2D eigenvalue weighted by Crippen LogP contribution is -1.98. The van der Waals surface area contributed by atoms with Gasteiger partial charge >= 0.3 is 0 Å². The lowest BCUT2D eigenvalue weighted by molar-refractivity contribution is 0.628. The average Bonchev–Trinajstić information content (AvgIpc) is 4.51. The molecule has 0 amide bonds. The van der Waals surface area contributed by atoms with Crippen LogP contribution in [0.5, 0.6) is 0 Å². The van der Waals surface area contributed by atoms with Gasteiger partial charge in [0.25, 0.3) is 0 Å². The molecule has 462 valence electrons. The van der Waals surface area contributed by atoms with Gasteiger partial charge in [-0.15, -0.1) is 0 Å². The zero-order valence-electron chi connectivity index (χ0n) is 51.9. The summed E-state index contributed by atoms with van der Waals surface area (Å²) in [6.07, 6.45) is 35.6. The van der Waals surface area contributed by atoms with E-state index >= 15 is 0 Å². The van der Waals surface area contributed by atoms with Crippen molar-refractivity contribution in [1.82, 2.24) is 49.4 Å². The highest BCUT2D eigenvalue weighted by Gasteiger charge is 2.23. The number of aromatic nitrogens is 10. The van der Waals surface area contributed by atoms with Gasteiger partial charge in [-0.2, -0.15) is 0 Å². The zero-order valence-corrected chi connectivity index (χ0v) is 51.9. The van der Waals surface area contributed by atoms with Crippen LogP contribution in [-0.2, 0) is 45.6 Å². The maximum atomic E-state index is 5.75. The minimum Gasteiger partial charge on any atom is -0.383 e. The summed E-state index contributed by atoms with van der Waals surface area (Å²) in [4.78, 5) is 35.3. The van der Waals surface area contributed by atoms with Crippen LogP contribution in [-0.4, -0.2) is 49.4 Å². The number of H-pyrrole nitrogens is 1. The summed E-state index contributed by atoms with van der Waals surface area (Å²) < 4.78 is 2.02. The molecule has 18 nitrogen and oxygen atoms in total. The van der Waals surface area contributed by atoms with E-state index in [0.717, 1.165) is 87.6 Å². The van der Waals surface area contributed by atoms with Crippen molar-refractivity contribution in [2.24, 2.45) is 13.0 Å². The largest absolute Gasteiger partial charge is 0.383 e. The number of aromatic amines is 1. The molecule has 0 fully saturated rings. The lowest BCUT2D eigenvalue weighted by Gasteiger charge is -2.05. The van der Waals surface area contributed by atoms with Crippen molar-refractivity contribution in [3.05, 3.63) is 207 Å². The average molecular weight is 1190 g/mol. The van der Waals surface area contributed by atoms with Crippen molar-refractivity contribution in [3.8, 4) is 0 Å². The first kappa shape index (κ1) is 64.9. The van der Waals surface area contributed by atoms with Crippen LogP contribution >= 0.6 is 0 Å². The molecule has 0 spiro atoms. The predicted molar refractivity (Wildman–Crippen MR) is 371 cm³/mol. The van der Waals surface area contributed by atoms with Crippen LogP contribution in [0.2, 0.25) is 0 Å². The van der Waals surface area contributed by atoms with Crippen molar-refractivity contribution in [3.63, 3.8) is 0 Å². The molecular weight excluding hydrogens is 1100 g/mol. The molecule has 0 bridgehead atoms. The fourth-order valence-corrected chi connectivity index (χ4v) is 12.2. The maximum Gasteiger partial charge on any atom is 0.147 e. The minimum atomic E-state index is 0. The SMILES string of the molecule is C.CC1=CCc2ccnc(N)c21.CC1=Cc2c(ccnc2N)C1.CC1C=Cc2c1ccnc2N.CC1CCc2c1ccnc2N.CC1CCc2ccnc(N)c21.CC1Cc2ccnc(N)c2C1.Cc1c[nH]c2c(N)nccc12.Cn1ccc2c(N)nccc21. The van der Waals surface area contributed by atoms with E-state index in [1.54, 1.807) is 49.6 Å². The second kappa shape index (κ2) is 29.1. The van der Waals surface area contributed by atoms with Gasteiger partial charge in [0.2, 0.25) is 0 Å². The summed E-state index contributed by atoms with van der Waals surface area (Å²) in [5, 5.41) is 2.17. The first-order valence-electron chi connectivity index (χ1n) is 30.0. The highest BCUT2D eigenvalue weighted by molar-refractivity contribution is 5.90. The molecule has 89 heavy (non-hydrogen) atoms. The van der Waals surface area contributed by atoms with Crippen molar-refractivity contribution < 1.29 is 0 Å². The van der Waals surface area contributed by atoms with Gasteiger partial charge in [-0.05, 0) is 200 Å². The molecule has 6 aliphatic carbocycles. The number of anilines is 8. The van der Waals surface area contributed by atoms with E-state index in [-0.39, 0.29) is 7.43 Å². The standard InChI is InChI=1S/C9H12N2.C9H10N2.C9H12N2.C9H10N2.C9H12N2.C9H10N2.2C8H9N3.CH4/c2*1-6-4-7-2-3-11-9(10)8(7)5-6;2*1-6-2-3-8-7(6)4-5-11-9(8)10;2*1-6-2-3-7-4-5-11-9(10)8(6)7;1-11-5-3-6-7(11)2-4-10-8(6)9;1-5-4-11-7-6(5)2-3-10-8(7)9;/h2-3,6H,4-5H2,1H3,(H2,10,11);2-3,5H,4H2,1H3,(H2,10,11);4-6H,2-3H2,1H3,(H2,10,11);2-6H,1H3,(H2,10,11);4-6H,2-3H2,1H3,(H2,10,11);2,4-5H,3H2,1H3,(H2,10,11);2-5H,1H3,(H2,9,10);2-4,11H,1H3,(H2,9,10);1H4. The monoisotopic (exact) mass is 1190 g/mol. The summed E-state index contributed by atoms with van der Waals surface area (Å²) in [6.45, 7) is 15.1. The molecule has 17 N–H and O–H groups in total. The van der Waals surface area contributed by atoms with Crippen LogP contribution in [0.1, 0.15) is 152 Å². The summed E-state index contributed by atoms with van der Waals surface area (Å²) in [6, 6.07) is 18.2. The highest BCUT2D eigenvalue weighted by Crippen LogP contribution is 2.37. The van der Waals surface area contributed by atoms with E-state index < -0.39 is 0 Å². The van der Waals surface area contributed by atoms with Crippen LogP contribution in [0.25, 0.3) is 39.5 Å². The van der Waals surface area contributed by atoms with Gasteiger partial charge in [0.1, 0.15) is 46.5 Å². The van der Waals surface area contributed by atoms with Crippen LogP contribution in [0.3, 0.4) is 0 Å². The molecule has 6 aliphatic rings. The highest BCUT2D eigenvalue weighted by atomic mass is 14.9. The number of nitrogens with one attached hydrogen (secondary N) is 1. The van der Waals surface area contributed by atoms with Crippen LogP contribution < -0.4 is 45.9 Å². The Balaban J connectivity index is 0.000000131. The number of nitrogens with two attached hydrogens (primary N) is 8. The Labute approximate surface area is 523 Å². The summed E-state index contributed by atoms with van der Waals surface area (Å²) in [5.74, 6) is 7.84. The maximum absolute atomic E-state index is 5.75. The molecule has 18 heteroatoms. The van der Waals surface area contributed by atoms with E-state index in [1.807, 2.05) is 73.4 Å². The minimum absolute atomic E-state index is 0.